The predicted octanol–water partition coefficient (Wildman–Crippen LogP) is 2.51. The molecule has 0 radical (unpaired) electrons. The van der Waals surface area contributed by atoms with E-state index in [0.717, 1.165) is 22.3 Å². The zero-order chi connectivity index (χ0) is 13.2. The molecular weight excluding hydrogens is 260 g/mol. The van der Waals surface area contributed by atoms with Crippen LogP contribution < -0.4 is 10.2 Å². The SMILES string of the molecule is C/C=C/[C@H]1Nn2c(nnc2-c2ccccc2OC)S1. The number of nitrogens with one attached hydrogen (secondary N) is 1. The molecule has 2 heterocycles. The molecule has 0 saturated heterocycles. The molecule has 0 aliphatic carbocycles. The van der Waals surface area contributed by atoms with Crippen molar-refractivity contribution in [1.82, 2.24) is 14.9 Å². The van der Waals surface area contributed by atoms with Crippen molar-refractivity contribution in [1.29, 1.82) is 0 Å². The topological polar surface area (TPSA) is 52.0 Å². The highest BCUT2D eigenvalue weighted by atomic mass is 32.2. The van der Waals surface area contributed by atoms with Gasteiger partial charge in [-0.05, 0) is 19.1 Å². The van der Waals surface area contributed by atoms with E-state index in [1.807, 2.05) is 41.9 Å². The first-order chi connectivity index (χ1) is 9.33. The van der Waals surface area contributed by atoms with Gasteiger partial charge in [0.25, 0.3) is 0 Å². The van der Waals surface area contributed by atoms with Gasteiger partial charge in [-0.15, -0.1) is 10.2 Å². The molecule has 6 heteroatoms. The lowest BCUT2D eigenvalue weighted by Crippen LogP contribution is -2.17. The summed E-state index contributed by atoms with van der Waals surface area (Å²) in [6.07, 6.45) is 4.11. The van der Waals surface area contributed by atoms with E-state index in [1.54, 1.807) is 18.9 Å². The Hall–Kier alpha value is -1.95. The number of allylic oxidation sites excluding steroid dienone is 1. The van der Waals surface area contributed by atoms with Crippen molar-refractivity contribution in [2.45, 2.75) is 17.5 Å². The zero-order valence-corrected chi connectivity index (χ0v) is 11.5. The summed E-state index contributed by atoms with van der Waals surface area (Å²) >= 11 is 1.64. The second-order valence-corrected chi connectivity index (χ2v) is 5.14. The fraction of sp³-hybridized carbons (Fsp3) is 0.231. The molecule has 98 valence electrons. The fourth-order valence-electron chi connectivity index (χ4n) is 1.99. The van der Waals surface area contributed by atoms with E-state index >= 15 is 0 Å². The molecule has 1 aliphatic rings. The van der Waals surface area contributed by atoms with Gasteiger partial charge in [0.05, 0.1) is 12.7 Å². The number of benzene rings is 1. The molecule has 1 N–H and O–H groups in total. The van der Waals surface area contributed by atoms with Gasteiger partial charge in [0.1, 0.15) is 11.1 Å². The Morgan fingerprint density at radius 3 is 3.00 bits per heavy atom. The summed E-state index contributed by atoms with van der Waals surface area (Å²) in [4.78, 5) is 0. The molecule has 1 aromatic carbocycles. The Morgan fingerprint density at radius 1 is 1.37 bits per heavy atom. The van der Waals surface area contributed by atoms with Gasteiger partial charge in [-0.2, -0.15) is 0 Å². The molecule has 0 fully saturated rings. The standard InChI is InChI=1S/C13H14N4OS/c1-3-6-11-16-17-12(14-15-13(17)19-11)9-7-4-5-8-10(9)18-2/h3-8,11,16H,1-2H3/b6-3+/t11-/m0/s1. The quantitative estimate of drug-likeness (QED) is 0.872. The third-order valence-electron chi connectivity index (χ3n) is 2.84. The summed E-state index contributed by atoms with van der Waals surface area (Å²) in [5.41, 5.74) is 4.27. The van der Waals surface area contributed by atoms with Gasteiger partial charge in [0.15, 0.2) is 5.82 Å². The van der Waals surface area contributed by atoms with Gasteiger partial charge in [-0.1, -0.05) is 36.0 Å². The second-order valence-electron chi connectivity index (χ2n) is 4.04. The summed E-state index contributed by atoms with van der Waals surface area (Å²) in [5, 5.41) is 9.50. The van der Waals surface area contributed by atoms with Gasteiger partial charge in [0, 0.05) is 0 Å². The first-order valence-corrected chi connectivity index (χ1v) is 6.86. The lowest BCUT2D eigenvalue weighted by atomic mass is 10.2. The molecule has 1 atom stereocenters. The number of hydrogen-bond acceptors (Lipinski definition) is 5. The van der Waals surface area contributed by atoms with Crippen LogP contribution in [0.15, 0.2) is 41.6 Å². The lowest BCUT2D eigenvalue weighted by Gasteiger charge is -2.10. The largest absolute Gasteiger partial charge is 0.496 e. The van der Waals surface area contributed by atoms with Gasteiger partial charge in [0.2, 0.25) is 5.16 Å². The van der Waals surface area contributed by atoms with Crippen molar-refractivity contribution in [3.63, 3.8) is 0 Å². The summed E-state index contributed by atoms with van der Waals surface area (Å²) < 4.78 is 7.28. The molecule has 0 saturated carbocycles. The fourth-order valence-corrected chi connectivity index (χ4v) is 2.94. The first-order valence-electron chi connectivity index (χ1n) is 5.98. The van der Waals surface area contributed by atoms with Crippen LogP contribution in [0.5, 0.6) is 5.75 Å². The van der Waals surface area contributed by atoms with Crippen molar-refractivity contribution in [2.75, 3.05) is 12.5 Å². The Morgan fingerprint density at radius 2 is 2.21 bits per heavy atom. The number of fused-ring (bicyclic) bond motifs is 1. The van der Waals surface area contributed by atoms with Crippen LogP contribution in [0.3, 0.4) is 0 Å². The Kier molecular flexibility index (Phi) is 3.16. The third-order valence-corrected chi connectivity index (χ3v) is 3.83. The summed E-state index contributed by atoms with van der Waals surface area (Å²) in [5.74, 6) is 1.56. The average Bonchev–Trinajstić information content (AvgIpc) is 2.99. The van der Waals surface area contributed by atoms with Crippen LogP contribution in [0.4, 0.5) is 0 Å². The smallest absolute Gasteiger partial charge is 0.212 e. The van der Waals surface area contributed by atoms with Crippen molar-refractivity contribution >= 4 is 11.8 Å². The monoisotopic (exact) mass is 274 g/mol. The van der Waals surface area contributed by atoms with Crippen molar-refractivity contribution in [2.24, 2.45) is 0 Å². The molecule has 5 nitrogen and oxygen atoms in total. The van der Waals surface area contributed by atoms with Crippen LogP contribution in [-0.4, -0.2) is 27.4 Å². The van der Waals surface area contributed by atoms with Crippen LogP contribution in [0.1, 0.15) is 6.92 Å². The lowest BCUT2D eigenvalue weighted by molar-refractivity contribution is 0.416. The van der Waals surface area contributed by atoms with Gasteiger partial charge < -0.3 is 10.2 Å². The van der Waals surface area contributed by atoms with Crippen LogP contribution in [0.2, 0.25) is 0 Å². The molecule has 2 aromatic rings. The van der Waals surface area contributed by atoms with E-state index in [4.69, 9.17) is 4.74 Å². The van der Waals surface area contributed by atoms with Crippen LogP contribution in [0.25, 0.3) is 11.4 Å². The minimum absolute atomic E-state index is 0.198. The number of methoxy groups -OCH3 is 1. The number of nitrogens with zero attached hydrogens (tertiary/aromatic N) is 3. The maximum atomic E-state index is 5.37. The maximum absolute atomic E-state index is 5.37. The third kappa shape index (κ3) is 2.08. The summed E-state index contributed by atoms with van der Waals surface area (Å²) in [6.45, 7) is 2.00. The van der Waals surface area contributed by atoms with Gasteiger partial charge in [-0.3, -0.25) is 0 Å². The van der Waals surface area contributed by atoms with Gasteiger partial charge >= 0.3 is 0 Å². The van der Waals surface area contributed by atoms with Gasteiger partial charge in [-0.25, -0.2) is 4.68 Å². The van der Waals surface area contributed by atoms with Crippen LogP contribution >= 0.6 is 11.8 Å². The van der Waals surface area contributed by atoms with Crippen molar-refractivity contribution in [3.05, 3.63) is 36.4 Å². The molecule has 1 aliphatic heterocycles. The summed E-state index contributed by atoms with van der Waals surface area (Å²) in [6, 6.07) is 7.80. The van der Waals surface area contributed by atoms with E-state index in [2.05, 4.69) is 21.7 Å². The Labute approximate surface area is 115 Å². The minimum Gasteiger partial charge on any atom is -0.496 e. The highest BCUT2D eigenvalue weighted by Gasteiger charge is 2.26. The minimum atomic E-state index is 0.198. The molecule has 3 rings (SSSR count). The number of thioether (sulfide) groups is 1. The molecule has 1 aromatic heterocycles. The van der Waals surface area contributed by atoms with Crippen molar-refractivity contribution in [3.8, 4) is 17.1 Å². The first kappa shape index (κ1) is 12.1. The number of ether oxygens (including phenoxy) is 1. The molecule has 0 amide bonds. The average molecular weight is 274 g/mol. The number of para-hydroxylation sites is 1. The van der Waals surface area contributed by atoms with E-state index in [-0.39, 0.29) is 5.37 Å². The maximum Gasteiger partial charge on any atom is 0.212 e. The molecule has 0 spiro atoms. The van der Waals surface area contributed by atoms with Crippen molar-refractivity contribution < 1.29 is 4.74 Å². The van der Waals surface area contributed by atoms with E-state index in [0.29, 0.717) is 0 Å². The molecule has 19 heavy (non-hydrogen) atoms. The van der Waals surface area contributed by atoms with E-state index < -0.39 is 0 Å². The highest BCUT2D eigenvalue weighted by molar-refractivity contribution is 8.00. The van der Waals surface area contributed by atoms with E-state index in [9.17, 15) is 0 Å². The zero-order valence-electron chi connectivity index (χ0n) is 10.7. The molecule has 0 unspecified atom stereocenters. The second kappa shape index (κ2) is 4.97. The molecular formula is C13H14N4OS. The number of hydrogen-bond donors (Lipinski definition) is 1. The number of rotatable bonds is 3. The van der Waals surface area contributed by atoms with Crippen LogP contribution in [-0.2, 0) is 0 Å². The predicted molar refractivity (Wildman–Crippen MR) is 75.8 cm³/mol. The Balaban J connectivity index is 2.01. The number of aromatic nitrogens is 3. The molecule has 0 bridgehead atoms. The van der Waals surface area contributed by atoms with Crippen LogP contribution in [0, 0.1) is 0 Å². The normalized spacial score (nSPS) is 17.5. The van der Waals surface area contributed by atoms with E-state index in [1.165, 1.54) is 0 Å². The Bertz CT molecular complexity index is 623. The highest BCUT2D eigenvalue weighted by Crippen LogP contribution is 2.34. The summed E-state index contributed by atoms with van der Waals surface area (Å²) in [7, 11) is 1.66.